The second-order valence-corrected chi connectivity index (χ2v) is 8.30. The van der Waals surface area contributed by atoms with Crippen LogP contribution in [0.5, 0.6) is 0 Å². The molecule has 0 radical (unpaired) electrons. The summed E-state index contributed by atoms with van der Waals surface area (Å²) in [6, 6.07) is 11.2. The van der Waals surface area contributed by atoms with Gasteiger partial charge in [-0.2, -0.15) is 0 Å². The van der Waals surface area contributed by atoms with E-state index in [0.29, 0.717) is 12.0 Å². The number of nitrogens with one attached hydrogen (secondary N) is 1. The number of aliphatic hydroxyl groups is 1. The van der Waals surface area contributed by atoms with Gasteiger partial charge < -0.3 is 10.4 Å². The fourth-order valence-electron chi connectivity index (χ4n) is 4.37. The number of hydrogen-bond acceptors (Lipinski definition) is 2. The van der Waals surface area contributed by atoms with Gasteiger partial charge in [0, 0.05) is 6.04 Å². The summed E-state index contributed by atoms with van der Waals surface area (Å²) < 4.78 is 0. The van der Waals surface area contributed by atoms with Gasteiger partial charge in [-0.3, -0.25) is 0 Å². The normalized spacial score (nSPS) is 23.2. The van der Waals surface area contributed by atoms with Crippen molar-refractivity contribution in [1.82, 2.24) is 5.32 Å². The maximum atomic E-state index is 10.2. The molecule has 1 aliphatic carbocycles. The smallest absolute Gasteiger partial charge is 0.0561 e. The molecular formula is C24H41NO. The van der Waals surface area contributed by atoms with E-state index in [2.05, 4.69) is 42.6 Å². The zero-order valence-electron chi connectivity index (χ0n) is 17.0. The van der Waals surface area contributed by atoms with Crippen molar-refractivity contribution in [2.75, 3.05) is 6.54 Å². The second-order valence-electron chi connectivity index (χ2n) is 8.30. The van der Waals surface area contributed by atoms with Crippen molar-refractivity contribution in [2.24, 2.45) is 0 Å². The highest BCUT2D eigenvalue weighted by molar-refractivity contribution is 5.20. The maximum Gasteiger partial charge on any atom is 0.0561 e. The quantitative estimate of drug-likeness (QED) is 0.411. The van der Waals surface area contributed by atoms with E-state index in [1.807, 2.05) is 0 Å². The minimum atomic E-state index is -0.154. The van der Waals surface area contributed by atoms with Crippen LogP contribution in [0.3, 0.4) is 0 Å². The van der Waals surface area contributed by atoms with E-state index >= 15 is 0 Å². The predicted octanol–water partition coefficient (Wildman–Crippen LogP) is 6.19. The summed E-state index contributed by atoms with van der Waals surface area (Å²) in [5.74, 6) is 0.505. The van der Waals surface area contributed by atoms with E-state index in [-0.39, 0.29) is 6.10 Å². The van der Waals surface area contributed by atoms with Crippen molar-refractivity contribution in [1.29, 1.82) is 0 Å². The minimum Gasteiger partial charge on any atom is -0.393 e. The zero-order chi connectivity index (χ0) is 18.5. The van der Waals surface area contributed by atoms with Gasteiger partial charge in [-0.15, -0.1) is 0 Å². The zero-order valence-corrected chi connectivity index (χ0v) is 17.0. The highest BCUT2D eigenvalue weighted by atomic mass is 16.3. The fraction of sp³-hybridized carbons (Fsp3) is 0.750. The van der Waals surface area contributed by atoms with E-state index in [4.69, 9.17) is 0 Å². The Labute approximate surface area is 161 Å². The Morgan fingerprint density at radius 2 is 1.42 bits per heavy atom. The first kappa shape index (κ1) is 21.4. The van der Waals surface area contributed by atoms with E-state index < -0.39 is 0 Å². The van der Waals surface area contributed by atoms with Gasteiger partial charge in [0.25, 0.3) is 0 Å². The van der Waals surface area contributed by atoms with Gasteiger partial charge in [0.15, 0.2) is 0 Å². The third-order valence-electron chi connectivity index (χ3n) is 5.92. The summed E-state index contributed by atoms with van der Waals surface area (Å²) >= 11 is 0. The molecule has 0 aromatic heterocycles. The Morgan fingerprint density at radius 1 is 0.808 bits per heavy atom. The summed E-state index contributed by atoms with van der Waals surface area (Å²) in [5.41, 5.74) is 1.39. The number of benzene rings is 1. The fourth-order valence-corrected chi connectivity index (χ4v) is 4.37. The van der Waals surface area contributed by atoms with E-state index in [0.717, 1.165) is 19.4 Å². The molecule has 26 heavy (non-hydrogen) atoms. The molecule has 0 aliphatic heterocycles. The molecule has 2 rings (SSSR count). The van der Waals surface area contributed by atoms with Crippen LogP contribution in [0.1, 0.15) is 102 Å². The standard InChI is InChI=1S/C24H41NO/c1-2-3-4-5-6-7-8-9-10-14-17-25-23-18-22(19-24(26)20-23)21-15-12-11-13-16-21/h11-13,15-16,22-26H,2-10,14,17-20H2,1H3. The Balaban J connectivity index is 1.51. The summed E-state index contributed by atoms with van der Waals surface area (Å²) in [6.45, 7) is 3.39. The third kappa shape index (κ3) is 8.68. The number of rotatable bonds is 13. The van der Waals surface area contributed by atoms with Crippen LogP contribution < -0.4 is 5.32 Å². The van der Waals surface area contributed by atoms with Crippen LogP contribution in [0.25, 0.3) is 0 Å². The third-order valence-corrected chi connectivity index (χ3v) is 5.92. The van der Waals surface area contributed by atoms with Crippen molar-refractivity contribution in [3.63, 3.8) is 0 Å². The van der Waals surface area contributed by atoms with Crippen molar-refractivity contribution >= 4 is 0 Å². The molecule has 0 bridgehead atoms. The van der Waals surface area contributed by atoms with Gasteiger partial charge in [0.2, 0.25) is 0 Å². The lowest BCUT2D eigenvalue weighted by Crippen LogP contribution is -2.39. The summed E-state index contributed by atoms with van der Waals surface area (Å²) in [4.78, 5) is 0. The van der Waals surface area contributed by atoms with Crippen LogP contribution in [0, 0.1) is 0 Å². The predicted molar refractivity (Wildman–Crippen MR) is 113 cm³/mol. The molecule has 3 atom stereocenters. The first-order valence-electron chi connectivity index (χ1n) is 11.3. The Hall–Kier alpha value is -0.860. The largest absolute Gasteiger partial charge is 0.393 e. The van der Waals surface area contributed by atoms with E-state index in [1.54, 1.807) is 0 Å². The lowest BCUT2D eigenvalue weighted by molar-refractivity contribution is 0.100. The summed E-state index contributed by atoms with van der Waals surface area (Å²) in [5, 5.41) is 14.0. The molecule has 1 aromatic rings. The van der Waals surface area contributed by atoms with Gasteiger partial charge in [-0.05, 0) is 43.7 Å². The molecule has 2 heteroatoms. The van der Waals surface area contributed by atoms with Crippen molar-refractivity contribution < 1.29 is 5.11 Å². The Bertz CT molecular complexity index is 447. The molecule has 1 saturated carbocycles. The molecular weight excluding hydrogens is 318 g/mol. The number of unbranched alkanes of at least 4 members (excludes halogenated alkanes) is 9. The maximum absolute atomic E-state index is 10.2. The average molecular weight is 360 g/mol. The van der Waals surface area contributed by atoms with E-state index in [9.17, 15) is 5.11 Å². The molecule has 1 aromatic carbocycles. The summed E-state index contributed by atoms with van der Waals surface area (Å²) in [7, 11) is 0. The first-order chi connectivity index (χ1) is 12.8. The van der Waals surface area contributed by atoms with Crippen molar-refractivity contribution in [3.8, 4) is 0 Å². The van der Waals surface area contributed by atoms with Crippen LogP contribution in [0.2, 0.25) is 0 Å². The molecule has 3 unspecified atom stereocenters. The molecule has 1 aliphatic rings. The number of aliphatic hydroxyl groups excluding tert-OH is 1. The lowest BCUT2D eigenvalue weighted by Gasteiger charge is -2.33. The van der Waals surface area contributed by atoms with Crippen LogP contribution in [0.15, 0.2) is 30.3 Å². The summed E-state index contributed by atoms with van der Waals surface area (Å²) in [6.07, 6.45) is 16.7. The molecule has 0 spiro atoms. The van der Waals surface area contributed by atoms with Gasteiger partial charge in [0.1, 0.15) is 0 Å². The first-order valence-corrected chi connectivity index (χ1v) is 11.3. The highest BCUT2D eigenvalue weighted by Gasteiger charge is 2.28. The average Bonchev–Trinajstić information content (AvgIpc) is 2.66. The minimum absolute atomic E-state index is 0.154. The molecule has 2 nitrogen and oxygen atoms in total. The van der Waals surface area contributed by atoms with Gasteiger partial charge in [-0.1, -0.05) is 95.0 Å². The number of hydrogen-bond donors (Lipinski definition) is 2. The van der Waals surface area contributed by atoms with Gasteiger partial charge in [-0.25, -0.2) is 0 Å². The van der Waals surface area contributed by atoms with Crippen LogP contribution >= 0.6 is 0 Å². The van der Waals surface area contributed by atoms with E-state index in [1.165, 1.54) is 76.2 Å². The second kappa shape index (κ2) is 13.3. The molecule has 0 amide bonds. The molecule has 0 saturated heterocycles. The molecule has 2 N–H and O–H groups in total. The van der Waals surface area contributed by atoms with Gasteiger partial charge >= 0.3 is 0 Å². The Morgan fingerprint density at radius 3 is 2.08 bits per heavy atom. The van der Waals surface area contributed by atoms with Crippen LogP contribution in [-0.2, 0) is 0 Å². The topological polar surface area (TPSA) is 32.3 Å². The van der Waals surface area contributed by atoms with Crippen LogP contribution in [-0.4, -0.2) is 23.8 Å². The highest BCUT2D eigenvalue weighted by Crippen LogP contribution is 2.33. The monoisotopic (exact) mass is 359 g/mol. The molecule has 148 valence electrons. The molecule has 0 heterocycles. The van der Waals surface area contributed by atoms with Crippen molar-refractivity contribution in [2.45, 2.75) is 108 Å². The van der Waals surface area contributed by atoms with Gasteiger partial charge in [0.05, 0.1) is 6.10 Å². The van der Waals surface area contributed by atoms with Crippen molar-refractivity contribution in [3.05, 3.63) is 35.9 Å². The SMILES string of the molecule is CCCCCCCCCCCCNC1CC(O)CC(c2ccccc2)C1. The Kier molecular flexibility index (Phi) is 11.0. The molecule has 1 fully saturated rings. The lowest BCUT2D eigenvalue weighted by atomic mass is 9.80. The van der Waals surface area contributed by atoms with Crippen LogP contribution in [0.4, 0.5) is 0 Å².